The molecule has 1 aliphatic heterocycles. The van der Waals surface area contributed by atoms with Crippen LogP contribution in [0.1, 0.15) is 52.5 Å². The van der Waals surface area contributed by atoms with Gasteiger partial charge in [-0.1, -0.05) is 12.1 Å². The van der Waals surface area contributed by atoms with Crippen molar-refractivity contribution in [3.63, 3.8) is 0 Å². The number of nitrogens with zero attached hydrogens (tertiary/aromatic N) is 3. The lowest BCUT2D eigenvalue weighted by atomic mass is 10.1. The van der Waals surface area contributed by atoms with Crippen molar-refractivity contribution in [3.8, 4) is 5.75 Å². The van der Waals surface area contributed by atoms with Crippen LogP contribution in [0.25, 0.3) is 0 Å². The number of thiophene rings is 1. The van der Waals surface area contributed by atoms with Gasteiger partial charge in [0.2, 0.25) is 0 Å². The van der Waals surface area contributed by atoms with E-state index in [-0.39, 0.29) is 24.6 Å². The number of amides is 2. The van der Waals surface area contributed by atoms with Gasteiger partial charge in [-0.05, 0) is 56.5 Å². The molecule has 2 amide bonds. The number of hydrogen-bond donors (Lipinski definition) is 1. The van der Waals surface area contributed by atoms with Crippen molar-refractivity contribution >= 4 is 29.3 Å². The first-order chi connectivity index (χ1) is 18.1. The highest BCUT2D eigenvalue weighted by Crippen LogP contribution is 2.29. The fourth-order valence-corrected chi connectivity index (χ4v) is 5.12. The molecule has 2 aromatic heterocycles. The van der Waals surface area contributed by atoms with Crippen molar-refractivity contribution in [1.29, 1.82) is 0 Å². The molecule has 0 fully saturated rings. The van der Waals surface area contributed by atoms with Crippen molar-refractivity contribution in [2.24, 2.45) is 0 Å². The number of nitrogens with one attached hydrogen (secondary N) is 1. The minimum absolute atomic E-state index is 0.169. The molecule has 1 aromatic carbocycles. The number of esters is 1. The van der Waals surface area contributed by atoms with Crippen LogP contribution in [-0.2, 0) is 27.2 Å². The lowest BCUT2D eigenvalue weighted by Gasteiger charge is -2.29. The van der Waals surface area contributed by atoms with Crippen LogP contribution in [-0.4, -0.2) is 64.8 Å². The highest BCUT2D eigenvalue weighted by atomic mass is 32.1. The lowest BCUT2D eigenvalue weighted by Crippen LogP contribution is -2.39. The van der Waals surface area contributed by atoms with Crippen LogP contribution < -0.4 is 10.1 Å². The largest absolute Gasteiger partial charge is 0.482 e. The van der Waals surface area contributed by atoms with Crippen LogP contribution in [0.2, 0.25) is 0 Å². The molecule has 1 unspecified atom stereocenters. The Morgan fingerprint density at radius 3 is 2.61 bits per heavy atom. The number of aromatic nitrogens is 2. The molecule has 10 nitrogen and oxygen atoms in total. The molecule has 11 heteroatoms. The van der Waals surface area contributed by atoms with Gasteiger partial charge >= 0.3 is 12.1 Å². The third kappa shape index (κ3) is 6.91. The second-order valence-corrected chi connectivity index (χ2v) is 11.0. The Bertz CT molecular complexity index is 1260. The van der Waals surface area contributed by atoms with Gasteiger partial charge in [-0.25, -0.2) is 14.6 Å². The number of carbonyl (C=O) groups is 3. The molecule has 1 atom stereocenters. The monoisotopic (exact) mass is 540 g/mol. The summed E-state index contributed by atoms with van der Waals surface area (Å²) < 4.78 is 17.4. The first-order valence-electron chi connectivity index (χ1n) is 12.3. The summed E-state index contributed by atoms with van der Waals surface area (Å²) in [5.74, 6) is -0.0885. The van der Waals surface area contributed by atoms with E-state index in [0.29, 0.717) is 36.7 Å². The Balaban J connectivity index is 1.40. The third-order valence-corrected chi connectivity index (χ3v) is 7.17. The molecule has 1 aliphatic rings. The minimum atomic E-state index is -0.556. The SMILES string of the molecule is COC(=O)COc1ccc(C(CNC(=O)c2cc3c(s2)CCN(C(=O)OC(C)(C)C)C3)n2ccnc2)cc1. The van der Waals surface area contributed by atoms with Crippen molar-refractivity contribution in [2.75, 3.05) is 26.8 Å². The summed E-state index contributed by atoms with van der Waals surface area (Å²) in [5, 5.41) is 3.05. The van der Waals surface area contributed by atoms with Crippen molar-refractivity contribution in [3.05, 3.63) is 69.9 Å². The van der Waals surface area contributed by atoms with Gasteiger partial charge in [-0.15, -0.1) is 11.3 Å². The highest BCUT2D eigenvalue weighted by molar-refractivity contribution is 7.14. The van der Waals surface area contributed by atoms with Gasteiger partial charge in [0.25, 0.3) is 5.91 Å². The molecule has 3 heterocycles. The number of imidazole rings is 1. The van der Waals surface area contributed by atoms with Gasteiger partial charge in [-0.3, -0.25) is 4.79 Å². The molecule has 0 saturated heterocycles. The molecule has 38 heavy (non-hydrogen) atoms. The average Bonchev–Trinajstić information content (AvgIpc) is 3.57. The average molecular weight is 541 g/mol. The van der Waals surface area contributed by atoms with E-state index in [1.165, 1.54) is 18.4 Å². The summed E-state index contributed by atoms with van der Waals surface area (Å²) in [7, 11) is 1.31. The quantitative estimate of drug-likeness (QED) is 0.433. The van der Waals surface area contributed by atoms with Crippen LogP contribution >= 0.6 is 11.3 Å². The molecule has 1 N–H and O–H groups in total. The van der Waals surface area contributed by atoms with Gasteiger partial charge in [-0.2, -0.15) is 0 Å². The molecule has 0 saturated carbocycles. The Labute approximate surface area is 225 Å². The van der Waals surface area contributed by atoms with E-state index in [1.807, 2.05) is 49.7 Å². The second-order valence-electron chi connectivity index (χ2n) is 9.88. The van der Waals surface area contributed by atoms with E-state index in [0.717, 1.165) is 16.0 Å². The smallest absolute Gasteiger partial charge is 0.410 e. The normalized spacial score (nSPS) is 13.8. The van der Waals surface area contributed by atoms with E-state index < -0.39 is 11.6 Å². The molecule has 4 rings (SSSR count). The Morgan fingerprint density at radius 2 is 1.95 bits per heavy atom. The van der Waals surface area contributed by atoms with E-state index in [1.54, 1.807) is 29.6 Å². The van der Waals surface area contributed by atoms with Crippen LogP contribution in [0.15, 0.2) is 49.1 Å². The molecule has 202 valence electrons. The first-order valence-corrected chi connectivity index (χ1v) is 13.1. The summed E-state index contributed by atoms with van der Waals surface area (Å²) in [6, 6.07) is 8.98. The summed E-state index contributed by atoms with van der Waals surface area (Å²) >= 11 is 1.46. The number of fused-ring (bicyclic) bond motifs is 1. The fourth-order valence-electron chi connectivity index (χ4n) is 4.04. The summed E-state index contributed by atoms with van der Waals surface area (Å²) in [4.78, 5) is 44.5. The van der Waals surface area contributed by atoms with Crippen molar-refractivity contribution < 1.29 is 28.6 Å². The van der Waals surface area contributed by atoms with Gasteiger partial charge < -0.3 is 29.0 Å². The van der Waals surface area contributed by atoms with E-state index in [2.05, 4.69) is 15.0 Å². The summed E-state index contributed by atoms with van der Waals surface area (Å²) in [6.07, 6.45) is 5.58. The van der Waals surface area contributed by atoms with Gasteiger partial charge in [0, 0.05) is 30.4 Å². The summed E-state index contributed by atoms with van der Waals surface area (Å²) in [6.45, 7) is 6.69. The zero-order valence-corrected chi connectivity index (χ0v) is 22.7. The number of hydrogen-bond acceptors (Lipinski definition) is 8. The lowest BCUT2D eigenvalue weighted by molar-refractivity contribution is -0.142. The van der Waals surface area contributed by atoms with Gasteiger partial charge in [0.1, 0.15) is 11.4 Å². The zero-order chi connectivity index (χ0) is 27.3. The number of benzene rings is 1. The minimum Gasteiger partial charge on any atom is -0.482 e. The number of carbonyl (C=O) groups excluding carboxylic acids is 3. The number of rotatable bonds is 8. The van der Waals surface area contributed by atoms with Crippen molar-refractivity contribution in [1.82, 2.24) is 19.8 Å². The van der Waals surface area contributed by atoms with E-state index in [9.17, 15) is 14.4 Å². The van der Waals surface area contributed by atoms with Crippen LogP contribution in [0.3, 0.4) is 0 Å². The summed E-state index contributed by atoms with van der Waals surface area (Å²) in [5.41, 5.74) is 1.36. The maximum atomic E-state index is 13.1. The molecule has 0 spiro atoms. The predicted octanol–water partition coefficient (Wildman–Crippen LogP) is 3.81. The molecule has 0 aliphatic carbocycles. The van der Waals surface area contributed by atoms with Crippen molar-refractivity contribution in [2.45, 2.75) is 45.4 Å². The molecule has 0 bridgehead atoms. The van der Waals surface area contributed by atoms with Crippen LogP contribution in [0.4, 0.5) is 4.79 Å². The molecular weight excluding hydrogens is 508 g/mol. The third-order valence-electron chi connectivity index (χ3n) is 5.93. The number of ether oxygens (including phenoxy) is 3. The molecular formula is C27H32N4O6S. The maximum absolute atomic E-state index is 13.1. The fraction of sp³-hybridized carbons (Fsp3) is 0.407. The van der Waals surface area contributed by atoms with Crippen LogP contribution in [0, 0.1) is 0 Å². The maximum Gasteiger partial charge on any atom is 0.410 e. The Morgan fingerprint density at radius 1 is 1.18 bits per heavy atom. The number of methoxy groups -OCH3 is 1. The predicted molar refractivity (Wildman–Crippen MR) is 141 cm³/mol. The first kappa shape index (κ1) is 27.2. The second kappa shape index (κ2) is 11.7. The topological polar surface area (TPSA) is 112 Å². The van der Waals surface area contributed by atoms with Crippen LogP contribution in [0.5, 0.6) is 5.75 Å². The Kier molecular flexibility index (Phi) is 8.35. The van der Waals surface area contributed by atoms with E-state index >= 15 is 0 Å². The van der Waals surface area contributed by atoms with Gasteiger partial charge in [0.05, 0.1) is 30.9 Å². The highest BCUT2D eigenvalue weighted by Gasteiger charge is 2.28. The van der Waals surface area contributed by atoms with E-state index in [4.69, 9.17) is 9.47 Å². The molecule has 3 aromatic rings. The Hall–Kier alpha value is -3.86. The zero-order valence-electron chi connectivity index (χ0n) is 21.9. The molecule has 0 radical (unpaired) electrons. The van der Waals surface area contributed by atoms with Gasteiger partial charge in [0.15, 0.2) is 6.61 Å². The standard InChI is InChI=1S/C27H32N4O6S/c1-27(2,3)37-26(34)30-11-9-22-19(15-30)13-23(38-22)25(33)29-14-21(31-12-10-28-17-31)18-5-7-20(8-6-18)36-16-24(32)35-4/h5-8,10,12-13,17,21H,9,11,14-16H2,1-4H3,(H,29,33).